The number of carbonyl (C=O) groups is 1. The van der Waals surface area contributed by atoms with Crippen LogP contribution in [0.25, 0.3) is 11.0 Å². The van der Waals surface area contributed by atoms with Crippen molar-refractivity contribution in [3.8, 4) is 0 Å². The van der Waals surface area contributed by atoms with Gasteiger partial charge in [-0.2, -0.15) is 0 Å². The van der Waals surface area contributed by atoms with Crippen LogP contribution in [0.4, 0.5) is 5.69 Å². The molecule has 6 heteroatoms. The molecule has 28 heavy (non-hydrogen) atoms. The zero-order chi connectivity index (χ0) is 18.9. The molecule has 0 saturated carbocycles. The van der Waals surface area contributed by atoms with E-state index < -0.39 is 0 Å². The molecule has 2 aromatic carbocycles. The minimum Gasteiger partial charge on any atom is -0.377 e. The van der Waals surface area contributed by atoms with Gasteiger partial charge in [0.25, 0.3) is 5.91 Å². The zero-order valence-corrected chi connectivity index (χ0v) is 15.8. The van der Waals surface area contributed by atoms with E-state index >= 15 is 0 Å². The quantitative estimate of drug-likeness (QED) is 0.759. The maximum Gasteiger partial charge on any atom is 0.255 e. The highest BCUT2D eigenvalue weighted by Gasteiger charge is 2.24. The number of benzene rings is 2. The summed E-state index contributed by atoms with van der Waals surface area (Å²) in [6.07, 6.45) is 2.70. The summed E-state index contributed by atoms with van der Waals surface area (Å²) in [5.41, 5.74) is 3.40. The van der Waals surface area contributed by atoms with Crippen LogP contribution in [-0.2, 0) is 17.8 Å². The van der Waals surface area contributed by atoms with Crippen LogP contribution in [0.1, 0.15) is 29.0 Å². The number of fused-ring (bicyclic) bond motifs is 3. The summed E-state index contributed by atoms with van der Waals surface area (Å²) in [6.45, 7) is 4.64. The van der Waals surface area contributed by atoms with E-state index in [1.165, 1.54) is 6.42 Å². The summed E-state index contributed by atoms with van der Waals surface area (Å²) in [5.74, 6) is 0.957. The number of hydrogen-bond donors (Lipinski definition) is 1. The van der Waals surface area contributed by atoms with E-state index in [0.29, 0.717) is 11.7 Å². The first kappa shape index (κ1) is 17.4. The summed E-state index contributed by atoms with van der Waals surface area (Å²) < 4.78 is 8.06. The number of anilines is 1. The van der Waals surface area contributed by atoms with Gasteiger partial charge in [0, 0.05) is 37.5 Å². The Bertz CT molecular complexity index is 992. The second-order valence-electron chi connectivity index (χ2n) is 7.57. The molecule has 1 N–H and O–H groups in total. The van der Waals surface area contributed by atoms with Crippen LogP contribution in [0.15, 0.2) is 48.5 Å². The first-order chi connectivity index (χ1) is 13.8. The van der Waals surface area contributed by atoms with Gasteiger partial charge in [0.05, 0.1) is 23.7 Å². The highest BCUT2D eigenvalue weighted by molar-refractivity contribution is 6.05. The Morgan fingerprint density at radius 1 is 1.18 bits per heavy atom. The minimum absolute atomic E-state index is 0.112. The largest absolute Gasteiger partial charge is 0.377 e. The normalized spacial score (nSPS) is 19.6. The van der Waals surface area contributed by atoms with Crippen LogP contribution in [0.3, 0.4) is 0 Å². The molecule has 5 rings (SSSR count). The van der Waals surface area contributed by atoms with Gasteiger partial charge in [0.2, 0.25) is 0 Å². The fourth-order valence-electron chi connectivity index (χ4n) is 4.17. The summed E-state index contributed by atoms with van der Waals surface area (Å²) in [6, 6.07) is 15.3. The van der Waals surface area contributed by atoms with E-state index in [1.54, 1.807) is 0 Å². The number of rotatable bonds is 4. The van der Waals surface area contributed by atoms with Crippen molar-refractivity contribution >= 4 is 22.6 Å². The molecule has 0 bridgehead atoms. The number of hydrogen-bond acceptors (Lipinski definition) is 4. The molecule has 1 amide bonds. The lowest BCUT2D eigenvalue weighted by molar-refractivity contribution is 0.0636. The maximum absolute atomic E-state index is 12.6. The van der Waals surface area contributed by atoms with Crippen LogP contribution in [0.2, 0.25) is 0 Å². The molecule has 0 spiro atoms. The highest BCUT2D eigenvalue weighted by Crippen LogP contribution is 2.24. The topological polar surface area (TPSA) is 59.4 Å². The fourth-order valence-corrected chi connectivity index (χ4v) is 4.17. The molecule has 6 nitrogen and oxygen atoms in total. The molecule has 1 saturated heterocycles. The van der Waals surface area contributed by atoms with Gasteiger partial charge in [0.15, 0.2) is 0 Å². The Kier molecular flexibility index (Phi) is 4.58. The van der Waals surface area contributed by atoms with Crippen molar-refractivity contribution in [2.24, 2.45) is 0 Å². The summed E-state index contributed by atoms with van der Waals surface area (Å²) >= 11 is 0. The van der Waals surface area contributed by atoms with Crippen molar-refractivity contribution in [1.29, 1.82) is 0 Å². The van der Waals surface area contributed by atoms with Crippen LogP contribution in [-0.4, -0.2) is 46.2 Å². The SMILES string of the molecule is O=C(Nc1ccccc1)c1ccc2c(c1)nc1n2CCN(C[C@@H]2CCCO2)C1. The average Bonchev–Trinajstić information content (AvgIpc) is 3.35. The number of amides is 1. The molecule has 144 valence electrons. The van der Waals surface area contributed by atoms with E-state index in [-0.39, 0.29) is 5.91 Å². The van der Waals surface area contributed by atoms with Crippen LogP contribution in [0, 0.1) is 0 Å². The van der Waals surface area contributed by atoms with E-state index in [2.05, 4.69) is 14.8 Å². The first-order valence-electron chi connectivity index (χ1n) is 9.96. The molecular weight excluding hydrogens is 352 g/mol. The molecular formula is C22H24N4O2. The lowest BCUT2D eigenvalue weighted by Crippen LogP contribution is -2.38. The van der Waals surface area contributed by atoms with Gasteiger partial charge in [-0.05, 0) is 43.2 Å². The summed E-state index contributed by atoms with van der Waals surface area (Å²) in [5, 5.41) is 2.94. The number of aromatic nitrogens is 2. The van der Waals surface area contributed by atoms with Crippen molar-refractivity contribution in [1.82, 2.24) is 14.5 Å². The van der Waals surface area contributed by atoms with Gasteiger partial charge >= 0.3 is 0 Å². The fraction of sp³-hybridized carbons (Fsp3) is 0.364. The number of carbonyl (C=O) groups excluding carboxylic acids is 1. The first-order valence-corrected chi connectivity index (χ1v) is 9.96. The molecule has 0 aliphatic carbocycles. The van der Waals surface area contributed by atoms with Crippen molar-refractivity contribution in [2.75, 3.05) is 25.0 Å². The predicted octanol–water partition coefficient (Wildman–Crippen LogP) is 3.28. The van der Waals surface area contributed by atoms with Crippen molar-refractivity contribution in [2.45, 2.75) is 32.0 Å². The Morgan fingerprint density at radius 2 is 2.07 bits per heavy atom. The summed E-state index contributed by atoms with van der Waals surface area (Å²) in [7, 11) is 0. The number of nitrogens with zero attached hydrogens (tertiary/aromatic N) is 3. The molecule has 1 aromatic heterocycles. The van der Waals surface area contributed by atoms with E-state index in [0.717, 1.165) is 61.8 Å². The third kappa shape index (κ3) is 3.41. The third-order valence-electron chi connectivity index (χ3n) is 5.61. The predicted molar refractivity (Wildman–Crippen MR) is 108 cm³/mol. The van der Waals surface area contributed by atoms with Gasteiger partial charge < -0.3 is 14.6 Å². The molecule has 0 radical (unpaired) electrons. The maximum atomic E-state index is 12.6. The number of nitrogens with one attached hydrogen (secondary N) is 1. The molecule has 2 aliphatic heterocycles. The lowest BCUT2D eigenvalue weighted by atomic mass is 10.1. The van der Waals surface area contributed by atoms with Crippen LogP contribution in [0.5, 0.6) is 0 Å². The zero-order valence-electron chi connectivity index (χ0n) is 15.8. The standard InChI is InChI=1S/C22H24N4O2/c27-22(23-17-5-2-1-3-6-17)16-8-9-20-19(13-16)24-21-15-25(10-11-26(20)21)14-18-7-4-12-28-18/h1-3,5-6,8-9,13,18H,4,7,10-12,14-15H2,(H,23,27)/t18-/m0/s1. The molecule has 3 aromatic rings. The van der Waals surface area contributed by atoms with Crippen LogP contribution >= 0.6 is 0 Å². The van der Waals surface area contributed by atoms with Crippen molar-refractivity contribution in [3.05, 3.63) is 59.9 Å². The lowest BCUT2D eigenvalue weighted by Gasteiger charge is -2.29. The van der Waals surface area contributed by atoms with E-state index in [4.69, 9.17) is 9.72 Å². The number of ether oxygens (including phenoxy) is 1. The van der Waals surface area contributed by atoms with Crippen molar-refractivity contribution < 1.29 is 9.53 Å². The molecule has 2 aliphatic rings. The average molecular weight is 376 g/mol. The highest BCUT2D eigenvalue weighted by atomic mass is 16.5. The molecule has 1 fully saturated rings. The Hall–Kier alpha value is -2.70. The number of para-hydroxylation sites is 1. The third-order valence-corrected chi connectivity index (χ3v) is 5.61. The van der Waals surface area contributed by atoms with Gasteiger partial charge in [-0.15, -0.1) is 0 Å². The smallest absolute Gasteiger partial charge is 0.255 e. The van der Waals surface area contributed by atoms with Gasteiger partial charge in [-0.3, -0.25) is 9.69 Å². The molecule has 3 heterocycles. The Balaban J connectivity index is 1.34. The Labute approximate surface area is 164 Å². The van der Waals surface area contributed by atoms with Gasteiger partial charge in [-0.1, -0.05) is 18.2 Å². The van der Waals surface area contributed by atoms with E-state index in [9.17, 15) is 4.79 Å². The van der Waals surface area contributed by atoms with Crippen molar-refractivity contribution in [3.63, 3.8) is 0 Å². The summed E-state index contributed by atoms with van der Waals surface area (Å²) in [4.78, 5) is 19.8. The van der Waals surface area contributed by atoms with Gasteiger partial charge in [0.1, 0.15) is 5.82 Å². The molecule has 1 atom stereocenters. The van der Waals surface area contributed by atoms with Crippen LogP contribution < -0.4 is 5.32 Å². The van der Waals surface area contributed by atoms with E-state index in [1.807, 2.05) is 48.5 Å². The minimum atomic E-state index is -0.112. The second kappa shape index (κ2) is 7.37. The molecule has 0 unspecified atom stereocenters. The second-order valence-corrected chi connectivity index (χ2v) is 7.57. The van der Waals surface area contributed by atoms with Gasteiger partial charge in [-0.25, -0.2) is 4.98 Å². The Morgan fingerprint density at radius 3 is 2.89 bits per heavy atom. The monoisotopic (exact) mass is 376 g/mol. The number of imidazole rings is 1.